The van der Waals surface area contributed by atoms with Gasteiger partial charge < -0.3 is 10.6 Å². The minimum atomic E-state index is -0.218. The van der Waals surface area contributed by atoms with E-state index >= 15 is 0 Å². The average molecular weight is 310 g/mol. The lowest BCUT2D eigenvalue weighted by molar-refractivity contribution is -0.124. The lowest BCUT2D eigenvalue weighted by atomic mass is 10.1. The summed E-state index contributed by atoms with van der Waals surface area (Å²) in [4.78, 5) is 23.7. The number of aryl methyl sites for hydroxylation is 3. The summed E-state index contributed by atoms with van der Waals surface area (Å²) in [6.45, 7) is 3.94. The minimum absolute atomic E-state index is 0.0130. The standard InChI is InChI=1S/C19H22N2O2/c1-14-8-10-17(15(2)12-14)21-19(23)13-20-18(22)11-9-16-6-4-3-5-7-16/h3-8,10,12H,9,11,13H2,1-2H3,(H,20,22)(H,21,23). The van der Waals surface area contributed by atoms with Gasteiger partial charge in [0.1, 0.15) is 0 Å². The molecular formula is C19H22N2O2. The number of carbonyl (C=O) groups is 2. The SMILES string of the molecule is Cc1ccc(NC(=O)CNC(=O)CCc2ccccc2)c(C)c1. The van der Waals surface area contributed by atoms with Crippen LogP contribution in [-0.2, 0) is 16.0 Å². The van der Waals surface area contributed by atoms with Crippen LogP contribution >= 0.6 is 0 Å². The smallest absolute Gasteiger partial charge is 0.243 e. The van der Waals surface area contributed by atoms with E-state index in [0.717, 1.165) is 22.4 Å². The summed E-state index contributed by atoms with van der Waals surface area (Å²) in [6, 6.07) is 15.6. The van der Waals surface area contributed by atoms with Crippen molar-refractivity contribution in [2.24, 2.45) is 0 Å². The zero-order valence-electron chi connectivity index (χ0n) is 13.6. The monoisotopic (exact) mass is 310 g/mol. The van der Waals surface area contributed by atoms with Crippen LogP contribution in [0.5, 0.6) is 0 Å². The van der Waals surface area contributed by atoms with Gasteiger partial charge in [-0.15, -0.1) is 0 Å². The summed E-state index contributed by atoms with van der Waals surface area (Å²) in [6.07, 6.45) is 1.05. The highest BCUT2D eigenvalue weighted by Crippen LogP contribution is 2.15. The second kappa shape index (κ2) is 8.13. The number of nitrogens with one attached hydrogen (secondary N) is 2. The largest absolute Gasteiger partial charge is 0.347 e. The number of hydrogen-bond acceptors (Lipinski definition) is 2. The van der Waals surface area contributed by atoms with Gasteiger partial charge in [0.25, 0.3) is 0 Å². The van der Waals surface area contributed by atoms with Crippen molar-refractivity contribution < 1.29 is 9.59 Å². The third-order valence-electron chi connectivity index (χ3n) is 3.59. The van der Waals surface area contributed by atoms with Crippen molar-refractivity contribution in [3.63, 3.8) is 0 Å². The zero-order valence-corrected chi connectivity index (χ0v) is 13.6. The Labute approximate surface area is 136 Å². The molecule has 0 saturated heterocycles. The van der Waals surface area contributed by atoms with E-state index in [-0.39, 0.29) is 18.4 Å². The fourth-order valence-electron chi connectivity index (χ4n) is 2.32. The maximum absolute atomic E-state index is 11.9. The number of benzene rings is 2. The Morgan fingerprint density at radius 1 is 0.957 bits per heavy atom. The van der Waals surface area contributed by atoms with Gasteiger partial charge in [-0.2, -0.15) is 0 Å². The third-order valence-corrected chi connectivity index (χ3v) is 3.59. The van der Waals surface area contributed by atoms with Crippen molar-refractivity contribution in [3.8, 4) is 0 Å². The Morgan fingerprint density at radius 2 is 1.70 bits per heavy atom. The molecule has 0 saturated carbocycles. The van der Waals surface area contributed by atoms with Gasteiger partial charge in [0.2, 0.25) is 11.8 Å². The predicted octanol–water partition coefficient (Wildman–Crippen LogP) is 2.99. The van der Waals surface area contributed by atoms with E-state index in [1.165, 1.54) is 0 Å². The van der Waals surface area contributed by atoms with E-state index in [4.69, 9.17) is 0 Å². The highest BCUT2D eigenvalue weighted by molar-refractivity contribution is 5.95. The molecule has 0 atom stereocenters. The van der Waals surface area contributed by atoms with Crippen LogP contribution in [-0.4, -0.2) is 18.4 Å². The number of amides is 2. The summed E-state index contributed by atoms with van der Waals surface area (Å²) < 4.78 is 0. The van der Waals surface area contributed by atoms with Crippen molar-refractivity contribution in [1.82, 2.24) is 5.32 Å². The van der Waals surface area contributed by atoms with Crippen molar-refractivity contribution in [2.75, 3.05) is 11.9 Å². The Morgan fingerprint density at radius 3 is 2.39 bits per heavy atom. The molecule has 2 amide bonds. The summed E-state index contributed by atoms with van der Waals surface area (Å²) >= 11 is 0. The van der Waals surface area contributed by atoms with Gasteiger partial charge in [0, 0.05) is 12.1 Å². The molecule has 2 N–H and O–H groups in total. The van der Waals surface area contributed by atoms with Gasteiger partial charge in [0.15, 0.2) is 0 Å². The van der Waals surface area contributed by atoms with Crippen LogP contribution in [0.2, 0.25) is 0 Å². The first-order valence-electron chi connectivity index (χ1n) is 7.72. The molecule has 0 unspecified atom stereocenters. The van der Waals surface area contributed by atoms with Gasteiger partial charge in [-0.25, -0.2) is 0 Å². The summed E-state index contributed by atoms with van der Waals surface area (Å²) in [5.41, 5.74) is 4.05. The maximum atomic E-state index is 11.9. The summed E-state index contributed by atoms with van der Waals surface area (Å²) in [5.74, 6) is -0.338. The topological polar surface area (TPSA) is 58.2 Å². The van der Waals surface area contributed by atoms with Gasteiger partial charge in [-0.1, -0.05) is 48.0 Å². The van der Waals surface area contributed by atoms with Crippen molar-refractivity contribution in [1.29, 1.82) is 0 Å². The first-order valence-corrected chi connectivity index (χ1v) is 7.72. The lowest BCUT2D eigenvalue weighted by Crippen LogP contribution is -2.33. The zero-order chi connectivity index (χ0) is 16.7. The van der Waals surface area contributed by atoms with Crippen LogP contribution in [0.4, 0.5) is 5.69 Å². The van der Waals surface area contributed by atoms with E-state index in [2.05, 4.69) is 10.6 Å². The van der Waals surface area contributed by atoms with Gasteiger partial charge in [-0.05, 0) is 37.5 Å². The van der Waals surface area contributed by atoms with Crippen LogP contribution in [0.25, 0.3) is 0 Å². The molecule has 4 heteroatoms. The maximum Gasteiger partial charge on any atom is 0.243 e. The van der Waals surface area contributed by atoms with Crippen molar-refractivity contribution >= 4 is 17.5 Å². The first-order chi connectivity index (χ1) is 11.0. The number of hydrogen-bond donors (Lipinski definition) is 2. The quantitative estimate of drug-likeness (QED) is 0.862. The fourth-order valence-corrected chi connectivity index (χ4v) is 2.32. The molecule has 0 heterocycles. The van der Waals surface area contributed by atoms with Crippen LogP contribution < -0.4 is 10.6 Å². The molecule has 4 nitrogen and oxygen atoms in total. The van der Waals surface area contributed by atoms with E-state index in [0.29, 0.717) is 12.8 Å². The predicted molar refractivity (Wildman–Crippen MR) is 92.3 cm³/mol. The summed E-state index contributed by atoms with van der Waals surface area (Å²) in [5, 5.41) is 5.47. The average Bonchev–Trinajstić information content (AvgIpc) is 2.54. The molecule has 2 rings (SSSR count). The minimum Gasteiger partial charge on any atom is -0.347 e. The normalized spacial score (nSPS) is 10.2. The summed E-state index contributed by atoms with van der Waals surface area (Å²) in [7, 11) is 0. The van der Waals surface area contributed by atoms with Crippen LogP contribution in [0.3, 0.4) is 0 Å². The molecule has 0 aliphatic carbocycles. The molecule has 0 radical (unpaired) electrons. The molecule has 2 aromatic rings. The lowest BCUT2D eigenvalue weighted by Gasteiger charge is -2.10. The Hall–Kier alpha value is -2.62. The van der Waals surface area contributed by atoms with Gasteiger partial charge in [0.05, 0.1) is 6.54 Å². The van der Waals surface area contributed by atoms with Crippen LogP contribution in [0.1, 0.15) is 23.1 Å². The molecule has 0 spiro atoms. The molecule has 2 aromatic carbocycles. The number of rotatable bonds is 6. The first kappa shape index (κ1) is 16.7. The van der Waals surface area contributed by atoms with Crippen molar-refractivity contribution in [2.45, 2.75) is 26.7 Å². The molecule has 0 bridgehead atoms. The Kier molecular flexibility index (Phi) is 5.92. The molecule has 120 valence electrons. The highest BCUT2D eigenvalue weighted by Gasteiger charge is 2.07. The van der Waals surface area contributed by atoms with Crippen molar-refractivity contribution in [3.05, 3.63) is 65.2 Å². The van der Waals surface area contributed by atoms with E-state index < -0.39 is 0 Å². The number of anilines is 1. The second-order valence-electron chi connectivity index (χ2n) is 5.63. The molecule has 0 aliphatic rings. The Balaban J connectivity index is 1.74. The number of carbonyl (C=O) groups excluding carboxylic acids is 2. The van der Waals surface area contributed by atoms with Gasteiger partial charge in [-0.3, -0.25) is 9.59 Å². The molecule has 23 heavy (non-hydrogen) atoms. The Bertz CT molecular complexity index is 681. The molecule has 0 aromatic heterocycles. The molecule has 0 fully saturated rings. The second-order valence-corrected chi connectivity index (χ2v) is 5.63. The van der Waals surface area contributed by atoms with Crippen LogP contribution in [0, 0.1) is 13.8 Å². The van der Waals surface area contributed by atoms with Gasteiger partial charge >= 0.3 is 0 Å². The van der Waals surface area contributed by atoms with E-state index in [1.807, 2.05) is 62.4 Å². The van der Waals surface area contributed by atoms with Crippen LogP contribution in [0.15, 0.2) is 48.5 Å². The fraction of sp³-hybridized carbons (Fsp3) is 0.263. The van der Waals surface area contributed by atoms with E-state index in [1.54, 1.807) is 0 Å². The molecule has 0 aliphatic heterocycles. The highest BCUT2D eigenvalue weighted by atomic mass is 16.2. The van der Waals surface area contributed by atoms with E-state index in [9.17, 15) is 9.59 Å². The molecular weight excluding hydrogens is 288 g/mol. The third kappa shape index (κ3) is 5.58.